The summed E-state index contributed by atoms with van der Waals surface area (Å²) < 4.78 is 0. The predicted octanol–water partition coefficient (Wildman–Crippen LogP) is 0.748. The number of nitrogens with one attached hydrogen (secondary N) is 1. The molecule has 94 valence electrons. The van der Waals surface area contributed by atoms with Crippen LogP contribution in [0.1, 0.15) is 39.5 Å². The van der Waals surface area contributed by atoms with Crippen LogP contribution in [0.25, 0.3) is 0 Å². The molecule has 0 radical (unpaired) electrons. The van der Waals surface area contributed by atoms with E-state index in [1.807, 2.05) is 18.7 Å². The maximum Gasteiger partial charge on any atom is 0.237 e. The fourth-order valence-corrected chi connectivity index (χ4v) is 2.31. The predicted molar refractivity (Wildman–Crippen MR) is 64.2 cm³/mol. The third kappa shape index (κ3) is 3.76. The van der Waals surface area contributed by atoms with E-state index < -0.39 is 0 Å². The summed E-state index contributed by atoms with van der Waals surface area (Å²) in [5, 5.41) is 12.0. The Hall–Kier alpha value is -0.610. The molecule has 1 aliphatic rings. The van der Waals surface area contributed by atoms with Crippen LogP contribution in [0.3, 0.4) is 0 Å². The molecule has 4 nitrogen and oxygen atoms in total. The number of hydrogen-bond acceptors (Lipinski definition) is 3. The van der Waals surface area contributed by atoms with Gasteiger partial charge < -0.3 is 10.4 Å². The Labute approximate surface area is 98.0 Å². The molecule has 1 fully saturated rings. The van der Waals surface area contributed by atoms with Crippen LogP contribution in [0.2, 0.25) is 0 Å². The summed E-state index contributed by atoms with van der Waals surface area (Å²) in [4.78, 5) is 13.9. The lowest BCUT2D eigenvalue weighted by Crippen LogP contribution is -2.48. The smallest absolute Gasteiger partial charge is 0.237 e. The monoisotopic (exact) mass is 228 g/mol. The standard InChI is InChI=1S/C12H24N2O2/c1-3-14(8-9-15)10(2)12(16)13-11-6-4-5-7-11/h10-11,15H,3-9H2,1-2H3,(H,13,16). The lowest BCUT2D eigenvalue weighted by atomic mass is 10.2. The van der Waals surface area contributed by atoms with Crippen LogP contribution < -0.4 is 5.32 Å². The topological polar surface area (TPSA) is 52.6 Å². The Morgan fingerprint density at radius 2 is 2.12 bits per heavy atom. The Balaban J connectivity index is 2.38. The van der Waals surface area contributed by atoms with E-state index in [0.717, 1.165) is 19.4 Å². The van der Waals surface area contributed by atoms with Crippen molar-refractivity contribution in [3.05, 3.63) is 0 Å². The van der Waals surface area contributed by atoms with Crippen LogP contribution >= 0.6 is 0 Å². The van der Waals surface area contributed by atoms with Crippen molar-refractivity contribution in [1.29, 1.82) is 0 Å². The van der Waals surface area contributed by atoms with Crippen LogP contribution in [0.4, 0.5) is 0 Å². The van der Waals surface area contributed by atoms with Crippen LogP contribution in [-0.4, -0.2) is 47.7 Å². The fraction of sp³-hybridized carbons (Fsp3) is 0.917. The van der Waals surface area contributed by atoms with Gasteiger partial charge in [-0.05, 0) is 26.3 Å². The molecule has 0 aromatic carbocycles. The summed E-state index contributed by atoms with van der Waals surface area (Å²) in [5.41, 5.74) is 0. The second kappa shape index (κ2) is 6.86. The molecule has 1 aliphatic carbocycles. The van der Waals surface area contributed by atoms with Gasteiger partial charge in [0.25, 0.3) is 0 Å². The van der Waals surface area contributed by atoms with Crippen LogP contribution in [0, 0.1) is 0 Å². The highest BCUT2D eigenvalue weighted by Crippen LogP contribution is 2.17. The molecular formula is C12H24N2O2. The van der Waals surface area contributed by atoms with Crippen LogP contribution in [0.15, 0.2) is 0 Å². The zero-order valence-electron chi connectivity index (χ0n) is 10.4. The lowest BCUT2D eigenvalue weighted by molar-refractivity contribution is -0.126. The van der Waals surface area contributed by atoms with Gasteiger partial charge >= 0.3 is 0 Å². The molecule has 1 rings (SSSR count). The number of aliphatic hydroxyl groups is 1. The largest absolute Gasteiger partial charge is 0.395 e. The second-order valence-electron chi connectivity index (χ2n) is 4.52. The van der Waals surface area contributed by atoms with Crippen molar-refractivity contribution in [3.8, 4) is 0 Å². The zero-order valence-corrected chi connectivity index (χ0v) is 10.4. The van der Waals surface area contributed by atoms with Crippen molar-refractivity contribution in [2.24, 2.45) is 0 Å². The number of amides is 1. The van der Waals surface area contributed by atoms with Crippen molar-refractivity contribution < 1.29 is 9.90 Å². The molecule has 4 heteroatoms. The van der Waals surface area contributed by atoms with E-state index in [1.54, 1.807) is 0 Å². The molecule has 0 aliphatic heterocycles. The van der Waals surface area contributed by atoms with Gasteiger partial charge in [0.15, 0.2) is 0 Å². The number of carbonyl (C=O) groups is 1. The summed E-state index contributed by atoms with van der Waals surface area (Å²) in [6.45, 7) is 5.38. The highest BCUT2D eigenvalue weighted by molar-refractivity contribution is 5.81. The van der Waals surface area contributed by atoms with Gasteiger partial charge in [0.2, 0.25) is 5.91 Å². The summed E-state index contributed by atoms with van der Waals surface area (Å²) in [7, 11) is 0. The Morgan fingerprint density at radius 3 is 2.62 bits per heavy atom. The van der Waals surface area contributed by atoms with E-state index in [0.29, 0.717) is 12.6 Å². The number of likely N-dealkylation sites (N-methyl/N-ethyl adjacent to an activating group) is 1. The van der Waals surface area contributed by atoms with Gasteiger partial charge in [-0.1, -0.05) is 19.8 Å². The first-order valence-corrected chi connectivity index (χ1v) is 6.34. The van der Waals surface area contributed by atoms with Gasteiger partial charge in [-0.3, -0.25) is 9.69 Å². The number of aliphatic hydroxyl groups excluding tert-OH is 1. The SMILES string of the molecule is CCN(CCO)C(C)C(=O)NC1CCCC1. The Kier molecular flexibility index (Phi) is 5.77. The highest BCUT2D eigenvalue weighted by atomic mass is 16.3. The number of nitrogens with zero attached hydrogens (tertiary/aromatic N) is 1. The molecule has 0 heterocycles. The van der Waals surface area contributed by atoms with E-state index >= 15 is 0 Å². The molecule has 0 bridgehead atoms. The van der Waals surface area contributed by atoms with Crippen molar-refractivity contribution in [3.63, 3.8) is 0 Å². The van der Waals surface area contributed by atoms with Gasteiger partial charge in [0, 0.05) is 12.6 Å². The van der Waals surface area contributed by atoms with Gasteiger partial charge in [0.05, 0.1) is 12.6 Å². The minimum atomic E-state index is -0.141. The maximum atomic E-state index is 11.9. The van der Waals surface area contributed by atoms with E-state index in [9.17, 15) is 4.79 Å². The maximum absolute atomic E-state index is 11.9. The van der Waals surface area contributed by atoms with Gasteiger partial charge in [-0.2, -0.15) is 0 Å². The van der Waals surface area contributed by atoms with E-state index in [-0.39, 0.29) is 18.6 Å². The first-order valence-electron chi connectivity index (χ1n) is 6.34. The average Bonchev–Trinajstić information content (AvgIpc) is 2.77. The van der Waals surface area contributed by atoms with Gasteiger partial charge in [-0.15, -0.1) is 0 Å². The molecule has 1 atom stereocenters. The average molecular weight is 228 g/mol. The third-order valence-electron chi connectivity index (χ3n) is 3.42. The lowest BCUT2D eigenvalue weighted by Gasteiger charge is -2.27. The van der Waals surface area contributed by atoms with Gasteiger partial charge in [0.1, 0.15) is 0 Å². The third-order valence-corrected chi connectivity index (χ3v) is 3.42. The minimum absolute atomic E-state index is 0.0993. The summed E-state index contributed by atoms with van der Waals surface area (Å²) in [5.74, 6) is 0.0993. The molecule has 1 unspecified atom stereocenters. The molecule has 0 spiro atoms. The summed E-state index contributed by atoms with van der Waals surface area (Å²) >= 11 is 0. The summed E-state index contributed by atoms with van der Waals surface area (Å²) in [6.07, 6.45) is 4.69. The van der Waals surface area contributed by atoms with Crippen LogP contribution in [-0.2, 0) is 4.79 Å². The number of hydrogen-bond donors (Lipinski definition) is 2. The van der Waals surface area contributed by atoms with Crippen molar-refractivity contribution in [2.45, 2.75) is 51.6 Å². The van der Waals surface area contributed by atoms with Gasteiger partial charge in [-0.25, -0.2) is 0 Å². The van der Waals surface area contributed by atoms with E-state index in [1.165, 1.54) is 12.8 Å². The molecular weight excluding hydrogens is 204 g/mol. The number of rotatable bonds is 6. The molecule has 1 amide bonds. The van der Waals surface area contributed by atoms with Crippen molar-refractivity contribution in [1.82, 2.24) is 10.2 Å². The minimum Gasteiger partial charge on any atom is -0.395 e. The zero-order chi connectivity index (χ0) is 12.0. The van der Waals surface area contributed by atoms with Crippen molar-refractivity contribution in [2.75, 3.05) is 19.7 Å². The molecule has 16 heavy (non-hydrogen) atoms. The molecule has 1 saturated carbocycles. The molecule has 0 aromatic rings. The van der Waals surface area contributed by atoms with E-state index in [2.05, 4.69) is 5.32 Å². The van der Waals surface area contributed by atoms with E-state index in [4.69, 9.17) is 5.11 Å². The normalized spacial score (nSPS) is 19.0. The second-order valence-corrected chi connectivity index (χ2v) is 4.52. The summed E-state index contributed by atoms with van der Waals surface area (Å²) in [6, 6.07) is 0.237. The Morgan fingerprint density at radius 1 is 1.50 bits per heavy atom. The first-order chi connectivity index (χ1) is 7.69. The molecule has 2 N–H and O–H groups in total. The first kappa shape index (κ1) is 13.5. The highest BCUT2D eigenvalue weighted by Gasteiger charge is 2.23. The van der Waals surface area contributed by atoms with Crippen LogP contribution in [0.5, 0.6) is 0 Å². The van der Waals surface area contributed by atoms with Crippen molar-refractivity contribution >= 4 is 5.91 Å². The molecule has 0 saturated heterocycles. The Bertz CT molecular complexity index is 215. The molecule has 0 aromatic heterocycles. The quantitative estimate of drug-likeness (QED) is 0.705. The number of carbonyl (C=O) groups excluding carboxylic acids is 1. The fourth-order valence-electron chi connectivity index (χ4n) is 2.31.